The smallest absolute Gasteiger partial charge is 0.182 e. The Morgan fingerprint density at radius 1 is 1.15 bits per heavy atom. The lowest BCUT2D eigenvalue weighted by molar-refractivity contribution is 0.144. The zero-order valence-electron chi connectivity index (χ0n) is 19.7. The Balaban J connectivity index is 1.58. The molecule has 0 unspecified atom stereocenters. The molecular weight excluding hydrogens is 452 g/mol. The fourth-order valence-corrected chi connectivity index (χ4v) is 4.95. The predicted octanol–water partition coefficient (Wildman–Crippen LogP) is 5.56. The molecule has 2 N–H and O–H groups in total. The van der Waals surface area contributed by atoms with Gasteiger partial charge >= 0.3 is 0 Å². The normalized spacial score (nSPS) is 15.3. The Bertz CT molecular complexity index is 1350. The van der Waals surface area contributed by atoms with Crippen LogP contribution in [0.3, 0.4) is 0 Å². The van der Waals surface area contributed by atoms with E-state index in [9.17, 15) is 5.11 Å². The van der Waals surface area contributed by atoms with E-state index in [0.29, 0.717) is 29.6 Å². The highest BCUT2D eigenvalue weighted by atomic mass is 35.5. The predicted molar refractivity (Wildman–Crippen MR) is 135 cm³/mol. The van der Waals surface area contributed by atoms with Gasteiger partial charge in [0.15, 0.2) is 17.1 Å². The van der Waals surface area contributed by atoms with Gasteiger partial charge in [-0.25, -0.2) is 4.98 Å². The average Bonchev–Trinajstić information content (AvgIpc) is 3.24. The molecule has 0 aliphatic carbocycles. The minimum atomic E-state index is 0.0319. The lowest BCUT2D eigenvalue weighted by Gasteiger charge is -2.31. The van der Waals surface area contributed by atoms with Gasteiger partial charge in [0.2, 0.25) is 0 Å². The van der Waals surface area contributed by atoms with Crippen LogP contribution in [-0.2, 0) is 0 Å². The van der Waals surface area contributed by atoms with Crippen molar-refractivity contribution in [3.8, 4) is 28.5 Å². The third-order valence-corrected chi connectivity index (χ3v) is 7.13. The van der Waals surface area contributed by atoms with E-state index in [1.807, 2.05) is 19.1 Å². The van der Waals surface area contributed by atoms with Gasteiger partial charge in [0.1, 0.15) is 5.75 Å². The molecule has 0 spiro atoms. The second-order valence-electron chi connectivity index (χ2n) is 8.91. The van der Waals surface area contributed by atoms with E-state index in [0.717, 1.165) is 65.6 Å². The first-order chi connectivity index (χ1) is 16.5. The van der Waals surface area contributed by atoms with E-state index in [1.54, 1.807) is 25.3 Å². The Morgan fingerprint density at radius 3 is 2.62 bits per heavy atom. The van der Waals surface area contributed by atoms with Gasteiger partial charge in [0.25, 0.3) is 0 Å². The highest BCUT2D eigenvalue weighted by Crippen LogP contribution is 2.41. The molecule has 5 rings (SSSR count). The highest BCUT2D eigenvalue weighted by molar-refractivity contribution is 6.32. The first-order valence-electron chi connectivity index (χ1n) is 11.7. The van der Waals surface area contributed by atoms with Gasteiger partial charge in [0, 0.05) is 27.4 Å². The number of fused-ring (bicyclic) bond motifs is 3. The van der Waals surface area contributed by atoms with Crippen molar-refractivity contribution in [3.05, 3.63) is 41.0 Å². The van der Waals surface area contributed by atoms with Crippen molar-refractivity contribution in [2.45, 2.75) is 26.7 Å². The van der Waals surface area contributed by atoms with Gasteiger partial charge in [-0.1, -0.05) is 18.5 Å². The van der Waals surface area contributed by atoms with E-state index >= 15 is 0 Å². The number of halogens is 1. The number of hydrogen-bond acceptors (Lipinski definition) is 6. The second kappa shape index (κ2) is 9.31. The lowest BCUT2D eigenvalue weighted by Crippen LogP contribution is -2.35. The molecule has 1 fully saturated rings. The number of nitrogens with one attached hydrogen (secondary N) is 1. The molecule has 34 heavy (non-hydrogen) atoms. The van der Waals surface area contributed by atoms with E-state index in [-0.39, 0.29) is 10.8 Å². The number of aromatic nitrogens is 3. The van der Waals surface area contributed by atoms with Crippen LogP contribution in [0.2, 0.25) is 5.02 Å². The molecule has 1 aliphatic rings. The van der Waals surface area contributed by atoms with Crippen molar-refractivity contribution in [1.82, 2.24) is 20.1 Å². The zero-order chi connectivity index (χ0) is 23.8. The van der Waals surface area contributed by atoms with Crippen LogP contribution in [0.25, 0.3) is 33.1 Å². The number of phenols is 1. The summed E-state index contributed by atoms with van der Waals surface area (Å²) in [6.07, 6.45) is 2.29. The van der Waals surface area contributed by atoms with Gasteiger partial charge in [-0.15, -0.1) is 0 Å². The Kier molecular flexibility index (Phi) is 6.23. The number of methoxy groups -OCH3 is 1. The maximum atomic E-state index is 9.88. The quantitative estimate of drug-likeness (QED) is 0.375. The first kappa shape index (κ1) is 22.7. The number of ether oxygens (including phenoxy) is 2. The van der Waals surface area contributed by atoms with Crippen molar-refractivity contribution < 1.29 is 14.6 Å². The van der Waals surface area contributed by atoms with Gasteiger partial charge in [0.05, 0.1) is 24.4 Å². The van der Waals surface area contributed by atoms with Crippen LogP contribution >= 0.6 is 11.6 Å². The van der Waals surface area contributed by atoms with Crippen LogP contribution < -0.4 is 9.47 Å². The van der Waals surface area contributed by atoms with Crippen molar-refractivity contribution in [3.63, 3.8) is 0 Å². The number of piperidine rings is 1. The highest BCUT2D eigenvalue weighted by Gasteiger charge is 2.21. The number of aromatic hydroxyl groups is 1. The number of likely N-dealkylation sites (tertiary alicyclic amines) is 1. The third-order valence-electron chi connectivity index (χ3n) is 6.82. The minimum absolute atomic E-state index is 0.0319. The van der Waals surface area contributed by atoms with Gasteiger partial charge in [-0.3, -0.25) is 5.10 Å². The summed E-state index contributed by atoms with van der Waals surface area (Å²) in [6.45, 7) is 8.22. The van der Waals surface area contributed by atoms with Crippen LogP contribution in [0.4, 0.5) is 0 Å². The summed E-state index contributed by atoms with van der Waals surface area (Å²) >= 11 is 6.21. The van der Waals surface area contributed by atoms with Crippen LogP contribution in [-0.4, -0.2) is 58.5 Å². The molecule has 4 aromatic rings. The number of rotatable bonds is 6. The van der Waals surface area contributed by atoms with Crippen molar-refractivity contribution in [1.29, 1.82) is 0 Å². The number of aryl methyl sites for hydroxylation is 1. The summed E-state index contributed by atoms with van der Waals surface area (Å²) in [7, 11) is 1.65. The Morgan fingerprint density at radius 2 is 1.91 bits per heavy atom. The Labute approximate surface area is 203 Å². The van der Waals surface area contributed by atoms with E-state index in [4.69, 9.17) is 26.1 Å². The van der Waals surface area contributed by atoms with Crippen molar-refractivity contribution >= 4 is 33.4 Å². The molecule has 7 nitrogen and oxygen atoms in total. The number of benzene rings is 2. The molecule has 1 aliphatic heterocycles. The molecule has 0 saturated carbocycles. The lowest BCUT2D eigenvalue weighted by atomic mass is 9.97. The largest absolute Gasteiger partial charge is 0.506 e. The molecule has 0 radical (unpaired) electrons. The van der Waals surface area contributed by atoms with E-state index in [1.165, 1.54) is 0 Å². The summed E-state index contributed by atoms with van der Waals surface area (Å²) in [6, 6.07) is 9.09. The van der Waals surface area contributed by atoms with Gasteiger partial charge in [-0.2, -0.15) is 5.10 Å². The molecule has 3 heterocycles. The molecule has 0 atom stereocenters. The molecule has 0 amide bonds. The van der Waals surface area contributed by atoms with Gasteiger partial charge < -0.3 is 19.5 Å². The monoisotopic (exact) mass is 480 g/mol. The number of phenolic OH excluding ortho intramolecular Hbond substituents is 1. The molecule has 0 bridgehead atoms. The summed E-state index contributed by atoms with van der Waals surface area (Å²) < 4.78 is 12.1. The van der Waals surface area contributed by atoms with Gasteiger partial charge in [-0.05, 0) is 75.6 Å². The van der Waals surface area contributed by atoms with Crippen LogP contribution in [0, 0.1) is 12.8 Å². The summed E-state index contributed by atoms with van der Waals surface area (Å²) in [4.78, 5) is 7.30. The molecule has 8 heteroatoms. The van der Waals surface area contributed by atoms with E-state index < -0.39 is 0 Å². The molecular formula is C26H29ClN4O3. The topological polar surface area (TPSA) is 83.5 Å². The van der Waals surface area contributed by atoms with E-state index in [2.05, 4.69) is 22.0 Å². The molecule has 1 saturated heterocycles. The summed E-state index contributed by atoms with van der Waals surface area (Å²) in [5, 5.41) is 20.4. The average molecular weight is 481 g/mol. The molecule has 178 valence electrons. The standard InChI is InChI=1S/C26H29ClN4O3/c1-4-31-9-7-16(8-10-31)14-34-23-12-18-19(13-22(23)33-3)25(17-5-6-21(32)20(27)11-17)28-26-24(18)15(2)29-30-26/h5-6,11-13,16,32H,4,7-10,14H2,1-3H3,(H,28,29,30). The summed E-state index contributed by atoms with van der Waals surface area (Å²) in [5.74, 6) is 1.94. The SMILES string of the molecule is CCN1CCC(COc2cc3c(cc2OC)c(-c2ccc(O)c(Cl)c2)nc2n[nH]c(C)c23)CC1. The number of hydrogen-bond donors (Lipinski definition) is 2. The fraction of sp³-hybridized carbons (Fsp3) is 0.385. The maximum Gasteiger partial charge on any atom is 0.182 e. The van der Waals surface area contributed by atoms with Crippen LogP contribution in [0.1, 0.15) is 25.5 Å². The molecule has 2 aromatic carbocycles. The number of aromatic amines is 1. The molecule has 2 aromatic heterocycles. The Hall–Kier alpha value is -3.03. The second-order valence-corrected chi connectivity index (χ2v) is 9.32. The first-order valence-corrected chi connectivity index (χ1v) is 12.1. The van der Waals surface area contributed by atoms with Crippen molar-refractivity contribution in [2.75, 3.05) is 33.4 Å². The number of pyridine rings is 1. The summed E-state index contributed by atoms with van der Waals surface area (Å²) in [5.41, 5.74) is 3.06. The number of H-pyrrole nitrogens is 1. The number of nitrogens with zero attached hydrogens (tertiary/aromatic N) is 3. The minimum Gasteiger partial charge on any atom is -0.506 e. The van der Waals surface area contributed by atoms with Crippen LogP contribution in [0.15, 0.2) is 30.3 Å². The maximum absolute atomic E-state index is 9.88. The third kappa shape index (κ3) is 4.14. The zero-order valence-corrected chi connectivity index (χ0v) is 20.4. The fourth-order valence-electron chi connectivity index (χ4n) is 4.77. The van der Waals surface area contributed by atoms with Crippen molar-refractivity contribution in [2.24, 2.45) is 5.92 Å². The van der Waals surface area contributed by atoms with Crippen LogP contribution in [0.5, 0.6) is 17.2 Å².